The molecule has 2 aromatic carbocycles. The van der Waals surface area contributed by atoms with Crippen LogP contribution in [0.4, 0.5) is 0 Å². The first-order valence-electron chi connectivity index (χ1n) is 6.32. The first-order chi connectivity index (χ1) is 8.43. The molecular formula is C16H16O2. The second kappa shape index (κ2) is 3.41. The van der Waals surface area contributed by atoms with Gasteiger partial charge in [-0.1, -0.05) is 0 Å². The van der Waals surface area contributed by atoms with E-state index in [9.17, 15) is 9.59 Å². The second-order valence-electron chi connectivity index (χ2n) is 5.43. The molecule has 0 heterocycles. The lowest BCUT2D eigenvalue weighted by Crippen LogP contribution is -2.42. The molecule has 0 radical (unpaired) electrons. The largest absolute Gasteiger partial charge is 0.285 e. The van der Waals surface area contributed by atoms with Crippen molar-refractivity contribution in [3.8, 4) is 0 Å². The van der Waals surface area contributed by atoms with E-state index in [-0.39, 0.29) is 10.9 Å². The smallest absolute Gasteiger partial charge is 0.229 e. The Kier molecular flexibility index (Phi) is 2.16. The van der Waals surface area contributed by atoms with Crippen molar-refractivity contribution in [2.75, 3.05) is 0 Å². The Morgan fingerprint density at radius 2 is 0.889 bits per heavy atom. The molecule has 0 N–H and O–H groups in total. The van der Waals surface area contributed by atoms with E-state index in [4.69, 9.17) is 0 Å². The molecule has 92 valence electrons. The molecule has 2 nitrogen and oxygen atoms in total. The third-order valence-corrected chi connectivity index (χ3v) is 4.78. The minimum absolute atomic E-state index is 0.258. The molecule has 1 aliphatic rings. The van der Waals surface area contributed by atoms with Gasteiger partial charge in [-0.25, -0.2) is 0 Å². The predicted molar refractivity (Wildman–Crippen MR) is 72.4 cm³/mol. The summed E-state index contributed by atoms with van der Waals surface area (Å²) >= 11 is 0. The number of rotatable bonds is 0. The van der Waals surface area contributed by atoms with E-state index in [0.717, 1.165) is 11.1 Å². The summed E-state index contributed by atoms with van der Waals surface area (Å²) in [6, 6.07) is 0. The molecule has 3 rings (SSSR count). The Bertz CT molecular complexity index is 692. The molecule has 0 atom stereocenters. The van der Waals surface area contributed by atoms with Gasteiger partial charge in [-0.3, -0.25) is 9.59 Å². The Hall–Kier alpha value is -1.70. The fraction of sp³-hybridized carbons (Fsp3) is 0.375. The van der Waals surface area contributed by atoms with Crippen LogP contribution in [0.25, 0.3) is 0 Å². The zero-order valence-corrected chi connectivity index (χ0v) is 11.2. The maximum absolute atomic E-state index is 11.5. The van der Waals surface area contributed by atoms with E-state index >= 15 is 0 Å². The highest BCUT2D eigenvalue weighted by Crippen LogP contribution is 2.33. The Morgan fingerprint density at radius 3 is 1.22 bits per heavy atom. The molecule has 0 bridgehead atoms. The van der Waals surface area contributed by atoms with Gasteiger partial charge in [0.15, 0.2) is 0 Å². The van der Waals surface area contributed by atoms with Crippen molar-refractivity contribution in [1.29, 1.82) is 0 Å². The van der Waals surface area contributed by atoms with Gasteiger partial charge in [0.2, 0.25) is 10.9 Å². The SMILES string of the molecule is Cc1c(C)c(C)c2c(c1C)Cc1c(c(=O)c1=O)C2. The van der Waals surface area contributed by atoms with Crippen LogP contribution >= 0.6 is 0 Å². The van der Waals surface area contributed by atoms with Gasteiger partial charge >= 0.3 is 0 Å². The zero-order valence-electron chi connectivity index (χ0n) is 11.2. The van der Waals surface area contributed by atoms with Gasteiger partial charge in [0.25, 0.3) is 0 Å². The number of fused-ring (bicyclic) bond motifs is 2. The first-order valence-corrected chi connectivity index (χ1v) is 6.32. The van der Waals surface area contributed by atoms with E-state index < -0.39 is 0 Å². The molecule has 0 amide bonds. The van der Waals surface area contributed by atoms with Gasteiger partial charge < -0.3 is 0 Å². The molecule has 0 saturated carbocycles. The molecule has 0 spiro atoms. The normalized spacial score (nSPS) is 13.6. The molecule has 18 heavy (non-hydrogen) atoms. The van der Waals surface area contributed by atoms with Gasteiger partial charge in [0.05, 0.1) is 0 Å². The maximum Gasteiger partial charge on any atom is 0.229 e. The Balaban J connectivity index is 2.29. The maximum atomic E-state index is 11.5. The molecule has 2 heteroatoms. The van der Waals surface area contributed by atoms with E-state index in [1.54, 1.807) is 0 Å². The van der Waals surface area contributed by atoms with Gasteiger partial charge in [0.1, 0.15) is 0 Å². The van der Waals surface area contributed by atoms with Crippen molar-refractivity contribution in [1.82, 2.24) is 0 Å². The third kappa shape index (κ3) is 1.18. The second-order valence-corrected chi connectivity index (χ2v) is 5.43. The Morgan fingerprint density at radius 1 is 0.556 bits per heavy atom. The molecule has 0 unspecified atom stereocenters. The van der Waals surface area contributed by atoms with Gasteiger partial charge in [0, 0.05) is 24.0 Å². The molecule has 2 aromatic rings. The summed E-state index contributed by atoms with van der Waals surface area (Å²) in [6.45, 7) is 8.51. The van der Waals surface area contributed by atoms with Gasteiger partial charge in [-0.15, -0.1) is 0 Å². The summed E-state index contributed by atoms with van der Waals surface area (Å²) in [7, 11) is 0. The highest BCUT2D eigenvalue weighted by molar-refractivity contribution is 5.57. The fourth-order valence-electron chi connectivity index (χ4n) is 3.16. The molecular weight excluding hydrogens is 224 g/mol. The van der Waals surface area contributed by atoms with Crippen LogP contribution in [0.5, 0.6) is 0 Å². The summed E-state index contributed by atoms with van der Waals surface area (Å²) in [6.07, 6.45) is 1.31. The molecule has 0 aliphatic heterocycles. The summed E-state index contributed by atoms with van der Waals surface area (Å²) in [5.74, 6) is 0. The van der Waals surface area contributed by atoms with Crippen LogP contribution in [0.2, 0.25) is 0 Å². The average Bonchev–Trinajstić information content (AvgIpc) is 2.40. The summed E-state index contributed by atoms with van der Waals surface area (Å²) < 4.78 is 0. The van der Waals surface area contributed by atoms with Crippen molar-refractivity contribution < 1.29 is 0 Å². The lowest BCUT2D eigenvalue weighted by molar-refractivity contribution is 0.907. The lowest BCUT2D eigenvalue weighted by Gasteiger charge is -2.26. The quantitative estimate of drug-likeness (QED) is 0.563. The fourth-order valence-corrected chi connectivity index (χ4v) is 3.16. The molecule has 1 aliphatic carbocycles. The van der Waals surface area contributed by atoms with Crippen molar-refractivity contribution >= 4 is 0 Å². The molecule has 0 fully saturated rings. The number of hydrogen-bond acceptors (Lipinski definition) is 2. The zero-order chi connectivity index (χ0) is 13.2. The van der Waals surface area contributed by atoms with E-state index in [0.29, 0.717) is 12.8 Å². The van der Waals surface area contributed by atoms with Crippen LogP contribution in [0.3, 0.4) is 0 Å². The van der Waals surface area contributed by atoms with Crippen molar-refractivity contribution in [2.24, 2.45) is 0 Å². The van der Waals surface area contributed by atoms with Gasteiger partial charge in [-0.05, 0) is 61.1 Å². The number of benzene rings is 1. The van der Waals surface area contributed by atoms with Gasteiger partial charge in [-0.2, -0.15) is 0 Å². The monoisotopic (exact) mass is 240 g/mol. The summed E-state index contributed by atoms with van der Waals surface area (Å²) in [5.41, 5.74) is 8.75. The van der Waals surface area contributed by atoms with E-state index in [1.165, 1.54) is 33.4 Å². The topological polar surface area (TPSA) is 34.1 Å². The summed E-state index contributed by atoms with van der Waals surface area (Å²) in [5, 5.41) is 0. The van der Waals surface area contributed by atoms with Crippen molar-refractivity contribution in [3.63, 3.8) is 0 Å². The standard InChI is InChI=1S/C16H16O2/c1-7-8(2)10(4)12-6-14-13(15(17)16(14)18)5-11(12)9(7)3/h5-6H2,1-4H3. The van der Waals surface area contributed by atoms with Crippen LogP contribution in [0, 0.1) is 27.7 Å². The minimum Gasteiger partial charge on any atom is -0.285 e. The molecule has 0 saturated heterocycles. The van der Waals surface area contributed by atoms with Crippen LogP contribution in [0.15, 0.2) is 9.59 Å². The van der Waals surface area contributed by atoms with E-state index in [2.05, 4.69) is 27.7 Å². The Labute approximate surface area is 106 Å². The predicted octanol–water partition coefficient (Wildman–Crippen LogP) is 2.01. The average molecular weight is 240 g/mol. The molecule has 0 aromatic heterocycles. The van der Waals surface area contributed by atoms with Crippen molar-refractivity contribution in [2.45, 2.75) is 40.5 Å². The van der Waals surface area contributed by atoms with E-state index in [1.807, 2.05) is 0 Å². The first kappa shape index (κ1) is 11.4. The minimum atomic E-state index is -0.258. The highest BCUT2D eigenvalue weighted by Gasteiger charge is 2.29. The summed E-state index contributed by atoms with van der Waals surface area (Å²) in [4.78, 5) is 23.1. The van der Waals surface area contributed by atoms with Crippen LogP contribution in [-0.2, 0) is 12.8 Å². The lowest BCUT2D eigenvalue weighted by atomic mass is 9.76. The highest BCUT2D eigenvalue weighted by atomic mass is 16.2. The van der Waals surface area contributed by atoms with Crippen LogP contribution < -0.4 is 10.9 Å². The number of hydrogen-bond donors (Lipinski definition) is 0. The van der Waals surface area contributed by atoms with Crippen LogP contribution in [0.1, 0.15) is 44.5 Å². The van der Waals surface area contributed by atoms with Crippen LogP contribution in [-0.4, -0.2) is 0 Å². The third-order valence-electron chi connectivity index (χ3n) is 4.78. The van der Waals surface area contributed by atoms with Crippen molar-refractivity contribution in [3.05, 3.63) is 65.0 Å².